The van der Waals surface area contributed by atoms with Crippen LogP contribution in [0.25, 0.3) is 0 Å². The van der Waals surface area contributed by atoms with Crippen LogP contribution in [0.3, 0.4) is 0 Å². The smallest absolute Gasteiger partial charge is 0.132 e. The van der Waals surface area contributed by atoms with Crippen molar-refractivity contribution < 1.29 is 4.74 Å². The summed E-state index contributed by atoms with van der Waals surface area (Å²) in [6.45, 7) is 2.11. The molecule has 0 aliphatic heterocycles. The average molecular weight is 288 g/mol. The van der Waals surface area contributed by atoms with Crippen LogP contribution in [0.1, 0.15) is 24.2 Å². The molecule has 1 heterocycles. The zero-order chi connectivity index (χ0) is 14.4. The van der Waals surface area contributed by atoms with Crippen LogP contribution in [-0.4, -0.2) is 18.1 Å². The molecule has 0 spiro atoms. The van der Waals surface area contributed by atoms with Crippen molar-refractivity contribution in [3.05, 3.63) is 54.4 Å². The van der Waals surface area contributed by atoms with Crippen molar-refractivity contribution in [1.82, 2.24) is 4.98 Å². The normalized spacial score (nSPS) is 13.8. The third kappa shape index (κ3) is 3.52. The molecule has 2 rings (SSSR count). The maximum Gasteiger partial charge on any atom is 0.132 e. The van der Waals surface area contributed by atoms with Crippen LogP contribution in [0.15, 0.2) is 53.7 Å². The van der Waals surface area contributed by atoms with Gasteiger partial charge in [0.25, 0.3) is 0 Å². The molecule has 2 aromatic rings. The number of methoxy groups -OCH3 is 1. The molecule has 0 bridgehead atoms. The maximum atomic E-state index is 6.30. The maximum absolute atomic E-state index is 6.30. The third-order valence-electron chi connectivity index (χ3n) is 3.20. The van der Waals surface area contributed by atoms with Gasteiger partial charge in [-0.1, -0.05) is 25.1 Å². The summed E-state index contributed by atoms with van der Waals surface area (Å²) in [6.07, 6.45) is 4.59. The van der Waals surface area contributed by atoms with Crippen LogP contribution in [0.2, 0.25) is 0 Å². The van der Waals surface area contributed by atoms with Gasteiger partial charge in [0.1, 0.15) is 5.75 Å². The molecule has 2 N–H and O–H groups in total. The largest absolute Gasteiger partial charge is 0.496 e. The predicted octanol–water partition coefficient (Wildman–Crippen LogP) is 3.66. The molecule has 106 valence electrons. The lowest BCUT2D eigenvalue weighted by Crippen LogP contribution is -2.25. The number of nitrogens with zero attached hydrogens (tertiary/aromatic N) is 1. The molecule has 20 heavy (non-hydrogen) atoms. The zero-order valence-corrected chi connectivity index (χ0v) is 12.6. The first-order chi connectivity index (χ1) is 9.76. The molecule has 0 saturated heterocycles. The summed E-state index contributed by atoms with van der Waals surface area (Å²) in [6, 6.07) is 12.1. The molecule has 4 heteroatoms. The highest BCUT2D eigenvalue weighted by Crippen LogP contribution is 2.41. The minimum Gasteiger partial charge on any atom is -0.496 e. The summed E-state index contributed by atoms with van der Waals surface area (Å²) >= 11 is 1.74. The highest BCUT2D eigenvalue weighted by atomic mass is 32.2. The van der Waals surface area contributed by atoms with Gasteiger partial charge in [-0.25, -0.2) is 0 Å². The van der Waals surface area contributed by atoms with Gasteiger partial charge in [-0.05, 0) is 30.2 Å². The fraction of sp³-hybridized carbons (Fsp3) is 0.312. The van der Waals surface area contributed by atoms with Crippen molar-refractivity contribution in [2.75, 3.05) is 7.11 Å². The van der Waals surface area contributed by atoms with Crippen molar-refractivity contribution in [2.45, 2.75) is 29.5 Å². The van der Waals surface area contributed by atoms with Gasteiger partial charge in [0.05, 0.1) is 12.4 Å². The van der Waals surface area contributed by atoms with Crippen molar-refractivity contribution >= 4 is 11.8 Å². The Balaban J connectivity index is 2.29. The zero-order valence-electron chi connectivity index (χ0n) is 11.8. The summed E-state index contributed by atoms with van der Waals surface area (Å²) < 4.78 is 5.42. The van der Waals surface area contributed by atoms with Crippen molar-refractivity contribution in [3.63, 3.8) is 0 Å². The van der Waals surface area contributed by atoms with Crippen LogP contribution in [-0.2, 0) is 0 Å². The molecular formula is C16H20N2OS. The Morgan fingerprint density at radius 2 is 2.05 bits per heavy atom. The first-order valence-corrected chi connectivity index (χ1v) is 7.59. The van der Waals surface area contributed by atoms with Crippen LogP contribution >= 0.6 is 11.8 Å². The molecule has 0 fully saturated rings. The van der Waals surface area contributed by atoms with E-state index in [1.807, 2.05) is 30.5 Å². The van der Waals surface area contributed by atoms with E-state index in [1.165, 1.54) is 0 Å². The number of hydrogen-bond donors (Lipinski definition) is 1. The minimum absolute atomic E-state index is 0.0779. The molecule has 0 radical (unpaired) electrons. The standard InChI is InChI=1S/C16H20N2OS/c1-3-13(17)16(12-7-6-10-18-11-12)20-15-9-5-4-8-14(15)19-2/h4-11,13,16H,3,17H2,1-2H3. The van der Waals surface area contributed by atoms with E-state index < -0.39 is 0 Å². The van der Waals surface area contributed by atoms with Gasteiger partial charge in [0.2, 0.25) is 0 Å². The Morgan fingerprint density at radius 1 is 1.25 bits per heavy atom. The number of ether oxygens (including phenoxy) is 1. The number of benzene rings is 1. The van der Waals surface area contributed by atoms with E-state index in [2.05, 4.69) is 24.0 Å². The Kier molecular flexibility index (Phi) is 5.44. The molecule has 2 atom stereocenters. The summed E-state index contributed by atoms with van der Waals surface area (Å²) in [5.74, 6) is 0.884. The Bertz CT molecular complexity index is 533. The predicted molar refractivity (Wildman–Crippen MR) is 84.1 cm³/mol. The molecule has 0 aliphatic carbocycles. The number of thioether (sulfide) groups is 1. The van der Waals surface area contributed by atoms with Crippen LogP contribution in [0, 0.1) is 0 Å². The highest BCUT2D eigenvalue weighted by Gasteiger charge is 2.21. The Labute approximate surface area is 124 Å². The average Bonchev–Trinajstić information content (AvgIpc) is 2.53. The summed E-state index contributed by atoms with van der Waals surface area (Å²) in [7, 11) is 1.69. The molecule has 2 unspecified atom stereocenters. The highest BCUT2D eigenvalue weighted by molar-refractivity contribution is 7.99. The molecule has 1 aromatic heterocycles. The molecule has 0 aliphatic rings. The van der Waals surface area contributed by atoms with E-state index in [0.717, 1.165) is 22.6 Å². The second-order valence-corrected chi connectivity index (χ2v) is 5.73. The van der Waals surface area contributed by atoms with Gasteiger partial charge in [-0.2, -0.15) is 0 Å². The molecule has 3 nitrogen and oxygen atoms in total. The number of aromatic nitrogens is 1. The van der Waals surface area contributed by atoms with E-state index in [-0.39, 0.29) is 11.3 Å². The van der Waals surface area contributed by atoms with E-state index in [0.29, 0.717) is 0 Å². The quantitative estimate of drug-likeness (QED) is 0.824. The summed E-state index contributed by atoms with van der Waals surface area (Å²) in [5.41, 5.74) is 7.45. The van der Waals surface area contributed by atoms with E-state index in [1.54, 1.807) is 25.1 Å². The molecule has 0 amide bonds. The number of nitrogens with two attached hydrogens (primary N) is 1. The third-order valence-corrected chi connectivity index (χ3v) is 4.66. The summed E-state index contributed by atoms with van der Waals surface area (Å²) in [5, 5.41) is 0.171. The number of hydrogen-bond acceptors (Lipinski definition) is 4. The lowest BCUT2D eigenvalue weighted by molar-refractivity contribution is 0.404. The van der Waals surface area contributed by atoms with Gasteiger partial charge in [-0.3, -0.25) is 4.98 Å². The molecular weight excluding hydrogens is 268 g/mol. The first-order valence-electron chi connectivity index (χ1n) is 6.71. The van der Waals surface area contributed by atoms with Gasteiger partial charge >= 0.3 is 0 Å². The van der Waals surface area contributed by atoms with E-state index in [4.69, 9.17) is 10.5 Å². The van der Waals surface area contributed by atoms with Crippen LogP contribution in [0.4, 0.5) is 0 Å². The number of rotatable bonds is 6. The Morgan fingerprint density at radius 3 is 2.70 bits per heavy atom. The van der Waals surface area contributed by atoms with E-state index in [9.17, 15) is 0 Å². The van der Waals surface area contributed by atoms with Crippen LogP contribution < -0.4 is 10.5 Å². The second-order valence-electron chi connectivity index (χ2n) is 4.55. The van der Waals surface area contributed by atoms with Crippen molar-refractivity contribution in [2.24, 2.45) is 5.73 Å². The fourth-order valence-corrected chi connectivity index (χ4v) is 3.35. The topological polar surface area (TPSA) is 48.1 Å². The minimum atomic E-state index is 0.0779. The molecule has 1 aromatic carbocycles. The lowest BCUT2D eigenvalue weighted by Gasteiger charge is -2.23. The SMILES string of the molecule is CCC(N)C(Sc1ccccc1OC)c1cccnc1. The summed E-state index contributed by atoms with van der Waals surface area (Å²) in [4.78, 5) is 5.31. The van der Waals surface area contributed by atoms with Gasteiger partial charge < -0.3 is 10.5 Å². The van der Waals surface area contributed by atoms with Gasteiger partial charge in [0, 0.05) is 23.3 Å². The number of para-hydroxylation sites is 1. The van der Waals surface area contributed by atoms with E-state index >= 15 is 0 Å². The van der Waals surface area contributed by atoms with Crippen LogP contribution in [0.5, 0.6) is 5.75 Å². The fourth-order valence-electron chi connectivity index (χ4n) is 2.01. The van der Waals surface area contributed by atoms with Gasteiger partial charge in [-0.15, -0.1) is 11.8 Å². The molecule has 0 saturated carbocycles. The number of pyridine rings is 1. The van der Waals surface area contributed by atoms with Crippen molar-refractivity contribution in [1.29, 1.82) is 0 Å². The first kappa shape index (κ1) is 14.9. The van der Waals surface area contributed by atoms with Gasteiger partial charge in [0.15, 0.2) is 0 Å². The van der Waals surface area contributed by atoms with Crippen molar-refractivity contribution in [3.8, 4) is 5.75 Å². The lowest BCUT2D eigenvalue weighted by atomic mass is 10.1. The monoisotopic (exact) mass is 288 g/mol. The Hall–Kier alpha value is -1.52. The second kappa shape index (κ2) is 7.31.